The van der Waals surface area contributed by atoms with Crippen LogP contribution in [0.5, 0.6) is 0 Å². The molecule has 2 nitrogen and oxygen atoms in total. The maximum atomic E-state index is 9.63. The van der Waals surface area contributed by atoms with E-state index in [9.17, 15) is 5.11 Å². The van der Waals surface area contributed by atoms with Gasteiger partial charge in [0.25, 0.3) is 0 Å². The first-order valence-electron chi connectivity index (χ1n) is 3.68. The molecular formula is C7H14O2S2. The molecule has 1 aliphatic rings. The van der Waals surface area contributed by atoms with Crippen molar-refractivity contribution in [2.45, 2.75) is 23.7 Å². The smallest absolute Gasteiger partial charge is 0.145 e. The lowest BCUT2D eigenvalue weighted by Gasteiger charge is -2.29. The van der Waals surface area contributed by atoms with Gasteiger partial charge in [0.2, 0.25) is 0 Å². The first kappa shape index (κ1) is 9.71. The van der Waals surface area contributed by atoms with Crippen LogP contribution in [0.1, 0.15) is 13.3 Å². The average molecular weight is 194 g/mol. The van der Waals surface area contributed by atoms with Crippen molar-refractivity contribution in [3.63, 3.8) is 0 Å². The summed E-state index contributed by atoms with van der Waals surface area (Å²) >= 11 is 3.28. The van der Waals surface area contributed by atoms with E-state index in [2.05, 4.69) is 0 Å². The number of aliphatic hydroxyl groups excluding tert-OH is 1. The van der Waals surface area contributed by atoms with Crippen molar-refractivity contribution in [2.24, 2.45) is 0 Å². The van der Waals surface area contributed by atoms with Crippen molar-refractivity contribution < 1.29 is 9.84 Å². The van der Waals surface area contributed by atoms with Crippen molar-refractivity contribution >= 4 is 23.5 Å². The number of thioether (sulfide) groups is 2. The Bertz CT molecular complexity index is 132. The van der Waals surface area contributed by atoms with Gasteiger partial charge in [0.05, 0.1) is 0 Å². The Hall–Kier alpha value is 0.620. The number of rotatable bonds is 1. The minimum Gasteiger partial charge on any atom is -0.378 e. The Morgan fingerprint density at radius 2 is 2.27 bits per heavy atom. The van der Waals surface area contributed by atoms with Gasteiger partial charge < -0.3 is 9.84 Å². The van der Waals surface area contributed by atoms with E-state index in [1.165, 1.54) is 0 Å². The Morgan fingerprint density at radius 1 is 1.55 bits per heavy atom. The monoisotopic (exact) mass is 194 g/mol. The molecule has 0 spiro atoms. The van der Waals surface area contributed by atoms with Crippen LogP contribution >= 0.6 is 23.5 Å². The lowest BCUT2D eigenvalue weighted by molar-refractivity contribution is 0.0179. The van der Waals surface area contributed by atoms with E-state index in [1.807, 2.05) is 6.92 Å². The fraction of sp³-hybridized carbons (Fsp3) is 1.00. The summed E-state index contributed by atoms with van der Waals surface area (Å²) in [6.07, 6.45) is 1.16. The molecule has 0 aromatic heterocycles. The number of ether oxygens (including phenoxy) is 1. The van der Waals surface area contributed by atoms with Gasteiger partial charge in [-0.15, -0.1) is 23.5 Å². The third-order valence-electron chi connectivity index (χ3n) is 1.81. The highest BCUT2D eigenvalue weighted by Gasteiger charge is 2.35. The van der Waals surface area contributed by atoms with E-state index < -0.39 is 4.93 Å². The lowest BCUT2D eigenvalue weighted by Crippen LogP contribution is -2.35. The van der Waals surface area contributed by atoms with Crippen LogP contribution in [-0.2, 0) is 4.74 Å². The van der Waals surface area contributed by atoms with E-state index >= 15 is 0 Å². The average Bonchev–Trinajstić information content (AvgIpc) is 2.16. The fourth-order valence-electron chi connectivity index (χ4n) is 0.911. The number of hydrogen-bond acceptors (Lipinski definition) is 4. The highest BCUT2D eigenvalue weighted by molar-refractivity contribution is 8.04. The molecule has 0 saturated carbocycles. The third kappa shape index (κ3) is 2.28. The van der Waals surface area contributed by atoms with Crippen LogP contribution in [0.25, 0.3) is 0 Å². The van der Waals surface area contributed by atoms with Gasteiger partial charge in [0.15, 0.2) is 0 Å². The summed E-state index contributed by atoms with van der Waals surface area (Å²) in [5, 5.41) is 9.63. The normalized spacial score (nSPS) is 40.1. The predicted octanol–water partition coefficient (Wildman–Crippen LogP) is 1.54. The summed E-state index contributed by atoms with van der Waals surface area (Å²) < 4.78 is 5.26. The van der Waals surface area contributed by atoms with E-state index in [1.54, 1.807) is 30.6 Å². The van der Waals surface area contributed by atoms with Crippen molar-refractivity contribution in [2.75, 3.05) is 18.6 Å². The van der Waals surface area contributed by atoms with E-state index in [4.69, 9.17) is 4.74 Å². The molecule has 0 aliphatic carbocycles. The maximum Gasteiger partial charge on any atom is 0.145 e. The first-order chi connectivity index (χ1) is 5.19. The molecule has 1 aliphatic heterocycles. The van der Waals surface area contributed by atoms with Crippen LogP contribution in [0.3, 0.4) is 0 Å². The second-order valence-electron chi connectivity index (χ2n) is 2.65. The molecule has 66 valence electrons. The Morgan fingerprint density at radius 3 is 2.91 bits per heavy atom. The number of hydrogen-bond donors (Lipinski definition) is 1. The maximum absolute atomic E-state index is 9.63. The summed E-state index contributed by atoms with van der Waals surface area (Å²) in [5.41, 5.74) is -0.389. The summed E-state index contributed by atoms with van der Waals surface area (Å²) in [7, 11) is 1.65. The molecule has 0 amide bonds. The largest absolute Gasteiger partial charge is 0.378 e. The summed E-state index contributed by atoms with van der Waals surface area (Å²) in [5.74, 6) is 2.11. The zero-order chi connectivity index (χ0) is 8.32. The molecule has 1 saturated heterocycles. The van der Waals surface area contributed by atoms with Gasteiger partial charge in [-0.05, 0) is 24.9 Å². The van der Waals surface area contributed by atoms with Crippen LogP contribution in [0.4, 0.5) is 0 Å². The molecule has 0 aromatic rings. The first-order valence-corrected chi connectivity index (χ1v) is 5.71. The Balaban J connectivity index is 2.58. The third-order valence-corrected chi connectivity index (χ3v) is 4.70. The van der Waals surface area contributed by atoms with Gasteiger partial charge in [0, 0.05) is 7.11 Å². The van der Waals surface area contributed by atoms with Gasteiger partial charge in [-0.2, -0.15) is 0 Å². The van der Waals surface area contributed by atoms with Crippen LogP contribution in [0.2, 0.25) is 0 Å². The standard InChI is InChI=1S/C7H14O2S2/c1-7(9-2)6(8)10-4-3-5-11-7/h6,8H,3-5H2,1-2H3. The minimum absolute atomic E-state index is 0.389. The zero-order valence-electron chi connectivity index (χ0n) is 6.87. The van der Waals surface area contributed by atoms with Gasteiger partial charge in [-0.25, -0.2) is 0 Å². The SMILES string of the molecule is COC1(C)SCCCSC1O. The molecule has 1 N–H and O–H groups in total. The van der Waals surface area contributed by atoms with Crippen LogP contribution in [-0.4, -0.2) is 34.1 Å². The molecule has 0 radical (unpaired) electrons. The van der Waals surface area contributed by atoms with Gasteiger partial charge in [0.1, 0.15) is 10.4 Å². The van der Waals surface area contributed by atoms with E-state index in [-0.39, 0.29) is 5.44 Å². The second kappa shape index (κ2) is 4.03. The summed E-state index contributed by atoms with van der Waals surface area (Å²) in [6, 6.07) is 0. The molecule has 1 heterocycles. The summed E-state index contributed by atoms with van der Waals surface area (Å²) in [4.78, 5) is -0.402. The summed E-state index contributed by atoms with van der Waals surface area (Å²) in [6.45, 7) is 1.95. The molecule has 0 aromatic carbocycles. The molecular weight excluding hydrogens is 180 g/mol. The Kier molecular flexibility index (Phi) is 3.55. The zero-order valence-corrected chi connectivity index (χ0v) is 8.50. The molecule has 0 bridgehead atoms. The van der Waals surface area contributed by atoms with Gasteiger partial charge >= 0.3 is 0 Å². The molecule has 1 rings (SSSR count). The van der Waals surface area contributed by atoms with Crippen molar-refractivity contribution in [3.8, 4) is 0 Å². The predicted molar refractivity (Wildman–Crippen MR) is 51.0 cm³/mol. The van der Waals surface area contributed by atoms with E-state index in [0.29, 0.717) is 0 Å². The topological polar surface area (TPSA) is 29.5 Å². The van der Waals surface area contributed by atoms with Crippen LogP contribution in [0.15, 0.2) is 0 Å². The van der Waals surface area contributed by atoms with Crippen molar-refractivity contribution in [1.29, 1.82) is 0 Å². The molecule has 2 unspecified atom stereocenters. The van der Waals surface area contributed by atoms with Crippen LogP contribution in [0, 0.1) is 0 Å². The lowest BCUT2D eigenvalue weighted by atomic mass is 10.4. The fourth-order valence-corrected chi connectivity index (χ4v) is 3.39. The molecule has 11 heavy (non-hydrogen) atoms. The minimum atomic E-state index is -0.402. The second-order valence-corrected chi connectivity index (χ2v) is 5.34. The molecule has 1 fully saturated rings. The molecule has 4 heteroatoms. The highest BCUT2D eigenvalue weighted by atomic mass is 32.2. The Labute approximate surface area is 76.1 Å². The van der Waals surface area contributed by atoms with Gasteiger partial charge in [-0.1, -0.05) is 0 Å². The number of aliphatic hydroxyl groups is 1. The van der Waals surface area contributed by atoms with Gasteiger partial charge in [-0.3, -0.25) is 0 Å². The van der Waals surface area contributed by atoms with Crippen LogP contribution < -0.4 is 0 Å². The van der Waals surface area contributed by atoms with Crippen molar-refractivity contribution in [1.82, 2.24) is 0 Å². The van der Waals surface area contributed by atoms with Crippen molar-refractivity contribution in [3.05, 3.63) is 0 Å². The van der Waals surface area contributed by atoms with E-state index in [0.717, 1.165) is 17.9 Å². The highest BCUT2D eigenvalue weighted by Crippen LogP contribution is 2.38. The quantitative estimate of drug-likeness (QED) is 0.685. The molecule has 2 atom stereocenters. The number of methoxy groups -OCH3 is 1.